The molecule has 0 unspecified atom stereocenters. The van der Waals surface area contributed by atoms with Crippen LogP contribution in [0.5, 0.6) is 11.5 Å². The lowest BCUT2D eigenvalue weighted by Crippen LogP contribution is -2.30. The lowest BCUT2D eigenvalue weighted by Gasteiger charge is -2.13. The maximum absolute atomic E-state index is 11.6. The molecule has 0 atom stereocenters. The maximum Gasteiger partial charge on any atom is 0.246 e. The number of nitrogens with one attached hydrogen (secondary N) is 1. The van der Waals surface area contributed by atoms with Crippen LogP contribution in [0.25, 0.3) is 0 Å². The van der Waals surface area contributed by atoms with Gasteiger partial charge in [0.1, 0.15) is 6.61 Å². The van der Waals surface area contributed by atoms with Crippen molar-refractivity contribution in [3.05, 3.63) is 23.3 Å². The number of aryl methyl sites for hydroxylation is 1. The van der Waals surface area contributed by atoms with Crippen LogP contribution in [-0.2, 0) is 20.7 Å². The Morgan fingerprint density at radius 1 is 1.09 bits per heavy atom. The summed E-state index contributed by atoms with van der Waals surface area (Å²) in [6, 6.07) is 3.87. The fraction of sp³-hybridized carbons (Fsp3) is 0.562. The zero-order chi connectivity index (χ0) is 16.4. The highest BCUT2D eigenvalue weighted by Gasteiger charge is 2.09. The molecule has 0 saturated heterocycles. The molecule has 0 radical (unpaired) electrons. The van der Waals surface area contributed by atoms with E-state index < -0.39 is 0 Å². The Labute approximate surface area is 131 Å². The summed E-state index contributed by atoms with van der Waals surface area (Å²) in [5.41, 5.74) is 2.21. The highest BCUT2D eigenvalue weighted by Crippen LogP contribution is 2.30. The first-order chi connectivity index (χ1) is 10.6. The first-order valence-corrected chi connectivity index (χ1v) is 7.17. The highest BCUT2D eigenvalue weighted by molar-refractivity contribution is 5.77. The second-order valence-corrected chi connectivity index (χ2v) is 4.78. The van der Waals surface area contributed by atoms with Crippen molar-refractivity contribution in [3.8, 4) is 11.5 Å². The Bertz CT molecular complexity index is 476. The third-order valence-electron chi connectivity index (χ3n) is 3.22. The van der Waals surface area contributed by atoms with Crippen LogP contribution in [-0.4, -0.2) is 53.6 Å². The summed E-state index contributed by atoms with van der Waals surface area (Å²) < 4.78 is 20.5. The number of methoxy groups -OCH3 is 3. The van der Waals surface area contributed by atoms with Crippen molar-refractivity contribution in [1.82, 2.24) is 5.32 Å². The highest BCUT2D eigenvalue weighted by atomic mass is 16.5. The van der Waals surface area contributed by atoms with Gasteiger partial charge < -0.3 is 24.3 Å². The number of benzene rings is 1. The Balaban J connectivity index is 2.43. The molecule has 1 aromatic rings. The molecule has 0 aromatic heterocycles. The quantitative estimate of drug-likeness (QED) is 0.661. The fourth-order valence-corrected chi connectivity index (χ4v) is 1.99. The number of hydrogen-bond acceptors (Lipinski definition) is 5. The van der Waals surface area contributed by atoms with E-state index in [1.54, 1.807) is 21.3 Å². The van der Waals surface area contributed by atoms with Gasteiger partial charge in [-0.1, -0.05) is 0 Å². The van der Waals surface area contributed by atoms with Crippen molar-refractivity contribution >= 4 is 5.91 Å². The first-order valence-electron chi connectivity index (χ1n) is 7.17. The molecule has 0 fully saturated rings. The van der Waals surface area contributed by atoms with Gasteiger partial charge in [-0.25, -0.2) is 0 Å². The maximum atomic E-state index is 11.6. The molecule has 0 aliphatic heterocycles. The molecule has 0 bridgehead atoms. The molecular formula is C16H25NO5. The summed E-state index contributed by atoms with van der Waals surface area (Å²) in [7, 11) is 4.81. The van der Waals surface area contributed by atoms with Gasteiger partial charge in [-0.2, -0.15) is 0 Å². The Morgan fingerprint density at radius 2 is 1.77 bits per heavy atom. The van der Waals surface area contributed by atoms with Crippen LogP contribution in [0.15, 0.2) is 12.1 Å². The lowest BCUT2D eigenvalue weighted by molar-refractivity contribution is -0.126. The van der Waals surface area contributed by atoms with Crippen LogP contribution in [0, 0.1) is 6.92 Å². The standard InChI is InChI=1S/C16H25NO5/c1-12-9-14(20-3)15(21-4)10-13(12)5-6-17-16(18)11-22-8-7-19-2/h9-10H,5-8,11H2,1-4H3,(H,17,18). The zero-order valence-corrected chi connectivity index (χ0v) is 13.7. The Hall–Kier alpha value is -1.79. The largest absolute Gasteiger partial charge is 0.493 e. The predicted molar refractivity (Wildman–Crippen MR) is 83.7 cm³/mol. The number of amides is 1. The Kier molecular flexibility index (Phi) is 8.32. The lowest BCUT2D eigenvalue weighted by atomic mass is 10.0. The second kappa shape index (κ2) is 10.0. The summed E-state index contributed by atoms with van der Waals surface area (Å²) >= 11 is 0. The molecule has 0 spiro atoms. The van der Waals surface area contributed by atoms with Gasteiger partial charge in [0.05, 0.1) is 27.4 Å². The van der Waals surface area contributed by atoms with Crippen LogP contribution in [0.4, 0.5) is 0 Å². The third kappa shape index (κ3) is 5.91. The minimum atomic E-state index is -0.130. The topological polar surface area (TPSA) is 66.0 Å². The number of carbonyl (C=O) groups is 1. The monoisotopic (exact) mass is 311 g/mol. The summed E-state index contributed by atoms with van der Waals surface area (Å²) in [6.07, 6.45) is 0.718. The average Bonchev–Trinajstić information content (AvgIpc) is 2.52. The summed E-state index contributed by atoms with van der Waals surface area (Å²) in [5, 5.41) is 2.82. The van der Waals surface area contributed by atoms with Crippen LogP contribution < -0.4 is 14.8 Å². The number of ether oxygens (including phenoxy) is 4. The van der Waals surface area contributed by atoms with Crippen molar-refractivity contribution in [2.75, 3.05) is 47.7 Å². The molecule has 1 rings (SSSR count). The summed E-state index contributed by atoms with van der Waals surface area (Å²) in [4.78, 5) is 11.6. The molecule has 1 aromatic carbocycles. The van der Waals surface area contributed by atoms with E-state index in [2.05, 4.69) is 5.32 Å². The Morgan fingerprint density at radius 3 is 2.41 bits per heavy atom. The third-order valence-corrected chi connectivity index (χ3v) is 3.22. The van der Waals surface area contributed by atoms with Gasteiger partial charge in [0.2, 0.25) is 5.91 Å². The van der Waals surface area contributed by atoms with E-state index >= 15 is 0 Å². The van der Waals surface area contributed by atoms with Crippen molar-refractivity contribution < 1.29 is 23.7 Å². The minimum absolute atomic E-state index is 0.0499. The molecule has 1 N–H and O–H groups in total. The number of carbonyl (C=O) groups excluding carboxylic acids is 1. The van der Waals surface area contributed by atoms with Crippen LogP contribution in [0.1, 0.15) is 11.1 Å². The molecule has 0 aliphatic rings. The smallest absolute Gasteiger partial charge is 0.246 e. The van der Waals surface area contributed by atoms with Crippen molar-refractivity contribution in [2.45, 2.75) is 13.3 Å². The molecule has 22 heavy (non-hydrogen) atoms. The van der Waals surface area contributed by atoms with E-state index in [9.17, 15) is 4.79 Å². The van der Waals surface area contributed by atoms with Gasteiger partial charge in [-0.3, -0.25) is 4.79 Å². The van der Waals surface area contributed by atoms with Crippen molar-refractivity contribution in [3.63, 3.8) is 0 Å². The fourth-order valence-electron chi connectivity index (χ4n) is 1.99. The van der Waals surface area contributed by atoms with Gasteiger partial charge in [-0.05, 0) is 36.6 Å². The second-order valence-electron chi connectivity index (χ2n) is 4.78. The average molecular weight is 311 g/mol. The van der Waals surface area contributed by atoms with Gasteiger partial charge in [-0.15, -0.1) is 0 Å². The minimum Gasteiger partial charge on any atom is -0.493 e. The molecular weight excluding hydrogens is 286 g/mol. The number of hydrogen-bond donors (Lipinski definition) is 1. The predicted octanol–water partition coefficient (Wildman–Crippen LogP) is 1.33. The molecule has 0 saturated carbocycles. The van der Waals surface area contributed by atoms with E-state index in [-0.39, 0.29) is 12.5 Å². The molecule has 124 valence electrons. The van der Waals surface area contributed by atoms with E-state index in [0.717, 1.165) is 17.5 Å². The first kappa shape index (κ1) is 18.3. The molecule has 1 amide bonds. The summed E-state index contributed by atoms with van der Waals surface area (Å²) in [6.45, 7) is 3.50. The molecule has 0 aliphatic carbocycles. The van der Waals surface area contributed by atoms with Crippen LogP contribution in [0.2, 0.25) is 0 Å². The van der Waals surface area contributed by atoms with E-state index in [1.165, 1.54) is 0 Å². The van der Waals surface area contributed by atoms with Crippen LogP contribution in [0.3, 0.4) is 0 Å². The SMILES string of the molecule is COCCOCC(=O)NCCc1cc(OC)c(OC)cc1C. The number of rotatable bonds is 10. The molecule has 6 nitrogen and oxygen atoms in total. The van der Waals surface area contributed by atoms with Crippen molar-refractivity contribution in [2.24, 2.45) is 0 Å². The normalized spacial score (nSPS) is 10.4. The van der Waals surface area contributed by atoms with Gasteiger partial charge in [0, 0.05) is 13.7 Å². The van der Waals surface area contributed by atoms with Crippen LogP contribution >= 0.6 is 0 Å². The van der Waals surface area contributed by atoms with Gasteiger partial charge in [0.15, 0.2) is 11.5 Å². The zero-order valence-electron chi connectivity index (χ0n) is 13.7. The van der Waals surface area contributed by atoms with Crippen molar-refractivity contribution in [1.29, 1.82) is 0 Å². The molecule has 0 heterocycles. The molecule has 6 heteroatoms. The van der Waals surface area contributed by atoms with E-state index in [4.69, 9.17) is 18.9 Å². The summed E-state index contributed by atoms with van der Waals surface area (Å²) in [5.74, 6) is 1.27. The van der Waals surface area contributed by atoms with Gasteiger partial charge >= 0.3 is 0 Å². The van der Waals surface area contributed by atoms with Gasteiger partial charge in [0.25, 0.3) is 0 Å². The van der Waals surface area contributed by atoms with E-state index in [0.29, 0.717) is 31.3 Å². The van der Waals surface area contributed by atoms with E-state index in [1.807, 2.05) is 19.1 Å².